The zero-order valence-corrected chi connectivity index (χ0v) is 19.1. The zero-order chi connectivity index (χ0) is 21.9. The van der Waals surface area contributed by atoms with Crippen LogP contribution in [0.15, 0.2) is 30.7 Å². The summed E-state index contributed by atoms with van der Waals surface area (Å²) in [5.41, 5.74) is 1.64. The second-order valence-electron chi connectivity index (χ2n) is 9.42. The van der Waals surface area contributed by atoms with E-state index in [0.717, 1.165) is 38.2 Å². The molecule has 0 amide bonds. The number of aryl methyl sites for hydroxylation is 1. The highest BCUT2D eigenvalue weighted by atomic mass is 32.2. The van der Waals surface area contributed by atoms with Crippen LogP contribution in [0.1, 0.15) is 45.4 Å². The Kier molecular flexibility index (Phi) is 6.77. The predicted molar refractivity (Wildman–Crippen MR) is 120 cm³/mol. The number of nitrogens with one attached hydrogen (secondary N) is 1. The number of sulfone groups is 1. The maximum absolute atomic E-state index is 12.8. The number of aromatic nitrogens is 3. The highest BCUT2D eigenvalue weighted by molar-refractivity contribution is 7.92. The summed E-state index contributed by atoms with van der Waals surface area (Å²) in [7, 11) is -2.62. The van der Waals surface area contributed by atoms with Gasteiger partial charge in [-0.2, -0.15) is 5.10 Å². The van der Waals surface area contributed by atoms with Crippen LogP contribution in [0.3, 0.4) is 0 Å². The van der Waals surface area contributed by atoms with Gasteiger partial charge in [0, 0.05) is 29.9 Å². The van der Waals surface area contributed by atoms with Crippen molar-refractivity contribution in [2.24, 2.45) is 17.3 Å². The molecule has 170 valence electrons. The lowest BCUT2D eigenvalue weighted by atomic mass is 9.82. The molecule has 4 heterocycles. The fraction of sp³-hybridized carbons (Fsp3) is 0.652. The lowest BCUT2D eigenvalue weighted by Gasteiger charge is -2.44. The molecule has 1 N–H and O–H groups in total. The fourth-order valence-corrected chi connectivity index (χ4v) is 7.40. The second kappa shape index (κ2) is 9.36. The van der Waals surface area contributed by atoms with Gasteiger partial charge in [0.05, 0.1) is 23.4 Å². The number of fused-ring (bicyclic) bond motifs is 1. The van der Waals surface area contributed by atoms with Crippen LogP contribution in [-0.4, -0.2) is 47.8 Å². The third-order valence-electron chi connectivity index (χ3n) is 6.90. The monoisotopic (exact) mass is 448 g/mol. The van der Waals surface area contributed by atoms with E-state index in [9.17, 15) is 12.8 Å². The van der Waals surface area contributed by atoms with Gasteiger partial charge in [0.15, 0.2) is 9.84 Å². The Bertz CT molecular complexity index is 963. The minimum atomic E-state index is -2.62. The number of nitrogens with zero attached hydrogens (tertiary/aromatic N) is 3. The summed E-state index contributed by atoms with van der Waals surface area (Å²) in [6, 6.07) is 3.27. The molecular weight excluding hydrogens is 415 g/mol. The van der Waals surface area contributed by atoms with E-state index < -0.39 is 9.84 Å². The maximum atomic E-state index is 12.8. The van der Waals surface area contributed by atoms with Crippen molar-refractivity contribution in [1.29, 1.82) is 0 Å². The summed E-state index contributed by atoms with van der Waals surface area (Å²) in [5.74, 6) is 2.98. The third-order valence-corrected chi connectivity index (χ3v) is 9.00. The van der Waals surface area contributed by atoms with Crippen molar-refractivity contribution in [3.63, 3.8) is 0 Å². The maximum Gasteiger partial charge on any atom is 0.151 e. The van der Waals surface area contributed by atoms with E-state index in [1.807, 2.05) is 19.2 Å². The molecule has 8 heteroatoms. The predicted octanol–water partition coefficient (Wildman–Crippen LogP) is 3.70. The summed E-state index contributed by atoms with van der Waals surface area (Å²) < 4.78 is 36.5. The Hall–Kier alpha value is -1.80. The molecule has 6 nitrogen and oxygen atoms in total. The molecular formula is C23H33FN4O2S. The molecule has 0 bridgehead atoms. The van der Waals surface area contributed by atoms with E-state index in [1.165, 1.54) is 30.5 Å². The first-order chi connectivity index (χ1) is 14.9. The van der Waals surface area contributed by atoms with E-state index in [2.05, 4.69) is 15.4 Å². The van der Waals surface area contributed by atoms with Gasteiger partial charge in [-0.15, -0.1) is 0 Å². The molecule has 4 aliphatic rings. The van der Waals surface area contributed by atoms with Gasteiger partial charge in [-0.05, 0) is 63.2 Å². The highest BCUT2D eigenvalue weighted by Gasteiger charge is 2.48. The molecule has 2 aliphatic heterocycles. The van der Waals surface area contributed by atoms with Crippen molar-refractivity contribution in [1.82, 2.24) is 20.1 Å². The second-order valence-corrected chi connectivity index (χ2v) is 11.5. The molecule has 2 aromatic rings. The molecule has 4 fully saturated rings. The first-order valence-corrected chi connectivity index (χ1v) is 13.3. The fourth-order valence-electron chi connectivity index (χ4n) is 5.04. The number of halogens is 1. The van der Waals surface area contributed by atoms with Crippen LogP contribution in [0, 0.1) is 23.1 Å². The summed E-state index contributed by atoms with van der Waals surface area (Å²) in [4.78, 5) is 3.77. The minimum Gasteiger partial charge on any atom is -0.317 e. The first kappa shape index (κ1) is 22.4. The Morgan fingerprint density at radius 1 is 1.19 bits per heavy atom. The van der Waals surface area contributed by atoms with Crippen LogP contribution in [0.4, 0.5) is 4.39 Å². The highest BCUT2D eigenvalue weighted by Crippen LogP contribution is 2.51. The minimum absolute atomic E-state index is 0.185. The lowest BCUT2D eigenvalue weighted by molar-refractivity contribution is 0.240. The molecule has 2 saturated carbocycles. The van der Waals surface area contributed by atoms with Gasteiger partial charge in [0.2, 0.25) is 0 Å². The first-order valence-electron chi connectivity index (χ1n) is 11.4. The smallest absolute Gasteiger partial charge is 0.151 e. The molecule has 2 saturated heterocycles. The Morgan fingerprint density at radius 2 is 1.90 bits per heavy atom. The van der Waals surface area contributed by atoms with Crippen LogP contribution >= 0.6 is 0 Å². The van der Waals surface area contributed by atoms with Gasteiger partial charge in [0.1, 0.15) is 5.82 Å². The van der Waals surface area contributed by atoms with E-state index in [1.54, 1.807) is 30.1 Å². The van der Waals surface area contributed by atoms with Crippen molar-refractivity contribution in [3.05, 3.63) is 36.5 Å². The molecule has 0 unspecified atom stereocenters. The van der Waals surface area contributed by atoms with Gasteiger partial charge < -0.3 is 5.32 Å². The normalized spacial score (nSPS) is 26.5. The standard InChI is InChI=1S/C10H10FN3.C7H13NO2S.C6H10/c1-2-14-4-3-10(13-14)8-5-9(11)7-12-6-8;9-11(10)5-7(6-11)1-3-8-4-2-7;1-2-5-4-6(5)3-1/h3-7H,2H2,1H3;8H,1-6H2;5-6H,1-4H2/t;;5-,6+. The third kappa shape index (κ3) is 5.92. The molecule has 2 atom stereocenters. The number of hydrogen-bond acceptors (Lipinski definition) is 5. The molecule has 2 aliphatic carbocycles. The largest absolute Gasteiger partial charge is 0.317 e. The average Bonchev–Trinajstić information content (AvgIpc) is 3.13. The van der Waals surface area contributed by atoms with Crippen molar-refractivity contribution >= 4 is 9.84 Å². The molecule has 6 rings (SSSR count). The van der Waals surface area contributed by atoms with Crippen LogP contribution in [0.2, 0.25) is 0 Å². The average molecular weight is 449 g/mol. The molecule has 0 aromatic carbocycles. The summed E-state index contributed by atoms with van der Waals surface area (Å²) in [5, 5.41) is 7.49. The quantitative estimate of drug-likeness (QED) is 0.758. The van der Waals surface area contributed by atoms with Crippen LogP contribution in [0.5, 0.6) is 0 Å². The number of rotatable bonds is 2. The van der Waals surface area contributed by atoms with Gasteiger partial charge in [-0.1, -0.05) is 19.3 Å². The van der Waals surface area contributed by atoms with Crippen LogP contribution < -0.4 is 5.32 Å². The van der Waals surface area contributed by atoms with Gasteiger partial charge in [-0.25, -0.2) is 12.8 Å². The number of pyridine rings is 1. The van der Waals surface area contributed by atoms with E-state index in [-0.39, 0.29) is 11.2 Å². The van der Waals surface area contributed by atoms with Gasteiger partial charge in [0.25, 0.3) is 0 Å². The van der Waals surface area contributed by atoms with Crippen molar-refractivity contribution in [2.75, 3.05) is 24.6 Å². The molecule has 1 spiro atoms. The van der Waals surface area contributed by atoms with Gasteiger partial charge >= 0.3 is 0 Å². The molecule has 2 aromatic heterocycles. The van der Waals surface area contributed by atoms with E-state index >= 15 is 0 Å². The molecule has 0 radical (unpaired) electrons. The van der Waals surface area contributed by atoms with Crippen LogP contribution in [-0.2, 0) is 16.4 Å². The van der Waals surface area contributed by atoms with Crippen LogP contribution in [0.25, 0.3) is 11.3 Å². The summed E-state index contributed by atoms with van der Waals surface area (Å²) in [6.07, 6.45) is 13.0. The Balaban J connectivity index is 0.000000120. The number of hydrogen-bond donors (Lipinski definition) is 1. The zero-order valence-electron chi connectivity index (χ0n) is 18.3. The Labute approximate surface area is 184 Å². The van der Waals surface area contributed by atoms with E-state index in [4.69, 9.17) is 0 Å². The topological polar surface area (TPSA) is 76.9 Å². The summed E-state index contributed by atoms with van der Waals surface area (Å²) in [6.45, 7) is 4.80. The van der Waals surface area contributed by atoms with E-state index in [0.29, 0.717) is 17.1 Å². The number of piperidine rings is 1. The van der Waals surface area contributed by atoms with Crippen molar-refractivity contribution in [2.45, 2.75) is 52.0 Å². The van der Waals surface area contributed by atoms with Crippen molar-refractivity contribution < 1.29 is 12.8 Å². The summed E-state index contributed by atoms with van der Waals surface area (Å²) >= 11 is 0. The Morgan fingerprint density at radius 3 is 2.39 bits per heavy atom. The lowest BCUT2D eigenvalue weighted by Crippen LogP contribution is -2.53. The van der Waals surface area contributed by atoms with Gasteiger partial charge in [-0.3, -0.25) is 9.67 Å². The molecule has 31 heavy (non-hydrogen) atoms. The van der Waals surface area contributed by atoms with Crippen molar-refractivity contribution in [3.8, 4) is 11.3 Å². The SMILES string of the molecule is C1C[C@@H]2C[C@@H]2C1.CCn1ccc(-c2cncc(F)c2)n1.O=S1(=O)CC2(CCNCC2)C1.